The zero-order valence-corrected chi connectivity index (χ0v) is 18.5. The van der Waals surface area contributed by atoms with Gasteiger partial charge in [0.2, 0.25) is 5.91 Å². The topological polar surface area (TPSA) is 58.6 Å². The second kappa shape index (κ2) is 9.09. The van der Waals surface area contributed by atoms with Crippen LogP contribution in [-0.2, 0) is 16.1 Å². The van der Waals surface area contributed by atoms with Crippen molar-refractivity contribution in [3.63, 3.8) is 0 Å². The highest BCUT2D eigenvalue weighted by atomic mass is 32.1. The third kappa shape index (κ3) is 5.67. The van der Waals surface area contributed by atoms with Gasteiger partial charge in [-0.15, -0.1) is 11.3 Å². The number of carbonyl (C=O) groups excluding carboxylic acids is 2. The maximum absolute atomic E-state index is 13.4. The predicted molar refractivity (Wildman–Crippen MR) is 117 cm³/mol. The molecule has 5 nitrogen and oxygen atoms in total. The average molecular weight is 415 g/mol. The first-order chi connectivity index (χ1) is 13.7. The summed E-state index contributed by atoms with van der Waals surface area (Å²) in [7, 11) is 0. The van der Waals surface area contributed by atoms with Crippen molar-refractivity contribution in [2.24, 2.45) is 5.41 Å². The molecule has 1 aliphatic heterocycles. The van der Waals surface area contributed by atoms with Crippen LogP contribution in [0.5, 0.6) is 0 Å². The van der Waals surface area contributed by atoms with Gasteiger partial charge in [0.15, 0.2) is 0 Å². The summed E-state index contributed by atoms with van der Waals surface area (Å²) >= 11 is 1.34. The molecule has 0 radical (unpaired) electrons. The minimum Gasteiger partial charge on any atom is -0.376 e. The Morgan fingerprint density at radius 2 is 1.97 bits per heavy atom. The second-order valence-electron chi connectivity index (χ2n) is 8.63. The highest BCUT2D eigenvalue weighted by Gasteiger charge is 2.27. The molecule has 0 aliphatic carbocycles. The van der Waals surface area contributed by atoms with E-state index in [4.69, 9.17) is 4.74 Å². The van der Waals surface area contributed by atoms with Gasteiger partial charge in [0.25, 0.3) is 5.91 Å². The van der Waals surface area contributed by atoms with Gasteiger partial charge >= 0.3 is 0 Å². The molecule has 3 rings (SSSR count). The molecule has 1 saturated heterocycles. The van der Waals surface area contributed by atoms with Crippen LogP contribution in [0.25, 0.3) is 0 Å². The summed E-state index contributed by atoms with van der Waals surface area (Å²) in [6.45, 7) is 9.42. The van der Waals surface area contributed by atoms with E-state index < -0.39 is 5.41 Å². The third-order valence-electron chi connectivity index (χ3n) is 4.98. The van der Waals surface area contributed by atoms with E-state index in [0.717, 1.165) is 30.6 Å². The first-order valence-corrected chi connectivity index (χ1v) is 10.9. The van der Waals surface area contributed by atoms with Gasteiger partial charge in [-0.1, -0.05) is 51.1 Å². The number of anilines is 1. The monoisotopic (exact) mass is 414 g/mol. The molecule has 0 bridgehead atoms. The van der Waals surface area contributed by atoms with Gasteiger partial charge < -0.3 is 15.0 Å². The molecule has 0 saturated carbocycles. The van der Waals surface area contributed by atoms with Crippen LogP contribution >= 0.6 is 11.3 Å². The van der Waals surface area contributed by atoms with Crippen LogP contribution < -0.4 is 5.32 Å². The lowest BCUT2D eigenvalue weighted by atomic mass is 9.96. The van der Waals surface area contributed by atoms with Gasteiger partial charge in [-0.25, -0.2) is 0 Å². The number of carbonyl (C=O) groups is 2. The lowest BCUT2D eigenvalue weighted by molar-refractivity contribution is -0.123. The number of thiophene rings is 1. The molecule has 1 unspecified atom stereocenters. The molecule has 1 aromatic carbocycles. The van der Waals surface area contributed by atoms with E-state index in [0.29, 0.717) is 23.0 Å². The molecule has 2 aromatic rings. The number of nitrogens with one attached hydrogen (secondary N) is 1. The van der Waals surface area contributed by atoms with Gasteiger partial charge in [0.1, 0.15) is 0 Å². The Kier molecular flexibility index (Phi) is 6.75. The van der Waals surface area contributed by atoms with E-state index >= 15 is 0 Å². The van der Waals surface area contributed by atoms with Crippen molar-refractivity contribution in [2.75, 3.05) is 18.5 Å². The fourth-order valence-electron chi connectivity index (χ4n) is 3.26. The molecule has 29 heavy (non-hydrogen) atoms. The first kappa shape index (κ1) is 21.5. The number of hydrogen-bond donors (Lipinski definition) is 1. The van der Waals surface area contributed by atoms with Crippen molar-refractivity contribution in [2.45, 2.75) is 53.2 Å². The average Bonchev–Trinajstić information content (AvgIpc) is 3.30. The Hall–Kier alpha value is -2.18. The van der Waals surface area contributed by atoms with Gasteiger partial charge in [-0.3, -0.25) is 9.59 Å². The predicted octanol–water partition coefficient (Wildman–Crippen LogP) is 4.86. The molecule has 2 amide bonds. The smallest absolute Gasteiger partial charge is 0.264 e. The van der Waals surface area contributed by atoms with E-state index in [1.807, 2.05) is 69.0 Å². The zero-order valence-electron chi connectivity index (χ0n) is 17.7. The Balaban J connectivity index is 1.80. The highest BCUT2D eigenvalue weighted by Crippen LogP contribution is 2.30. The van der Waals surface area contributed by atoms with Crippen molar-refractivity contribution in [1.29, 1.82) is 0 Å². The number of benzene rings is 1. The normalized spacial score (nSPS) is 16.6. The number of hydrogen-bond acceptors (Lipinski definition) is 4. The number of nitrogens with zero attached hydrogens (tertiary/aromatic N) is 1. The van der Waals surface area contributed by atoms with Crippen LogP contribution in [0.4, 0.5) is 5.00 Å². The number of amides is 2. The van der Waals surface area contributed by atoms with Gasteiger partial charge in [0, 0.05) is 25.1 Å². The third-order valence-corrected chi connectivity index (χ3v) is 6.12. The van der Waals surface area contributed by atoms with E-state index in [1.54, 1.807) is 0 Å². The van der Waals surface area contributed by atoms with Gasteiger partial charge in [-0.2, -0.15) is 0 Å². The van der Waals surface area contributed by atoms with Gasteiger partial charge in [-0.05, 0) is 37.0 Å². The van der Waals surface area contributed by atoms with E-state index in [-0.39, 0.29) is 17.9 Å². The van der Waals surface area contributed by atoms with Crippen LogP contribution in [0.15, 0.2) is 36.4 Å². The van der Waals surface area contributed by atoms with Crippen molar-refractivity contribution >= 4 is 28.2 Å². The maximum Gasteiger partial charge on any atom is 0.264 e. The molecule has 1 N–H and O–H groups in total. The molecule has 156 valence electrons. The fraction of sp³-hybridized carbons (Fsp3) is 0.478. The highest BCUT2D eigenvalue weighted by molar-refractivity contribution is 7.18. The lowest BCUT2D eigenvalue weighted by Gasteiger charge is -2.25. The van der Waals surface area contributed by atoms with E-state index in [9.17, 15) is 9.59 Å². The molecule has 6 heteroatoms. The van der Waals surface area contributed by atoms with Crippen molar-refractivity contribution < 1.29 is 14.3 Å². The molecule has 1 atom stereocenters. The summed E-state index contributed by atoms with van der Waals surface area (Å²) in [5.41, 5.74) is 1.49. The summed E-state index contributed by atoms with van der Waals surface area (Å²) in [4.78, 5) is 28.3. The van der Waals surface area contributed by atoms with Crippen LogP contribution in [0, 0.1) is 12.3 Å². The molecule has 1 aliphatic rings. The molecule has 1 aromatic heterocycles. The Labute approximate surface area is 177 Å². The standard InChI is InChI=1S/C23H30N2O3S/c1-16-13-19(24-22(27)23(2,3)4)29-20(16)21(26)25(15-18-11-8-12-28-18)14-17-9-6-5-7-10-17/h5-7,9-10,13,18H,8,11-12,14-15H2,1-4H3,(H,24,27). The SMILES string of the molecule is Cc1cc(NC(=O)C(C)(C)C)sc1C(=O)N(Cc1ccccc1)CC1CCCO1. The number of ether oxygens (including phenoxy) is 1. The number of aryl methyl sites for hydroxylation is 1. The molecule has 2 heterocycles. The summed E-state index contributed by atoms with van der Waals surface area (Å²) in [5.74, 6) is -0.0682. The maximum atomic E-state index is 13.4. The summed E-state index contributed by atoms with van der Waals surface area (Å²) in [5, 5.41) is 3.65. The molecular formula is C23H30N2O3S. The second-order valence-corrected chi connectivity index (χ2v) is 9.69. The first-order valence-electron chi connectivity index (χ1n) is 10.1. The minimum atomic E-state index is -0.485. The van der Waals surface area contributed by atoms with Crippen LogP contribution in [-0.4, -0.2) is 36.0 Å². The van der Waals surface area contributed by atoms with Crippen LogP contribution in [0.3, 0.4) is 0 Å². The Morgan fingerprint density at radius 1 is 1.24 bits per heavy atom. The Morgan fingerprint density at radius 3 is 2.59 bits per heavy atom. The van der Waals surface area contributed by atoms with Crippen LogP contribution in [0.2, 0.25) is 0 Å². The largest absolute Gasteiger partial charge is 0.376 e. The van der Waals surface area contributed by atoms with Crippen molar-refractivity contribution in [3.8, 4) is 0 Å². The fourth-order valence-corrected chi connectivity index (χ4v) is 4.29. The minimum absolute atomic E-state index is 0.0110. The summed E-state index contributed by atoms with van der Waals surface area (Å²) < 4.78 is 5.79. The van der Waals surface area contributed by atoms with Crippen LogP contribution in [0.1, 0.15) is 54.4 Å². The van der Waals surface area contributed by atoms with E-state index in [1.165, 1.54) is 11.3 Å². The van der Waals surface area contributed by atoms with Crippen molar-refractivity contribution in [1.82, 2.24) is 4.90 Å². The quantitative estimate of drug-likeness (QED) is 0.734. The Bertz CT molecular complexity index is 849. The molecule has 1 fully saturated rings. The summed E-state index contributed by atoms with van der Waals surface area (Å²) in [6.07, 6.45) is 2.11. The molecular weight excluding hydrogens is 384 g/mol. The zero-order chi connectivity index (χ0) is 21.0. The summed E-state index contributed by atoms with van der Waals surface area (Å²) in [6, 6.07) is 11.9. The number of rotatable bonds is 6. The van der Waals surface area contributed by atoms with Gasteiger partial charge in [0.05, 0.1) is 16.0 Å². The van der Waals surface area contributed by atoms with Crippen molar-refractivity contribution in [3.05, 3.63) is 52.4 Å². The van der Waals surface area contributed by atoms with E-state index in [2.05, 4.69) is 5.32 Å². The lowest BCUT2D eigenvalue weighted by Crippen LogP contribution is -2.36. The molecule has 0 spiro atoms.